The van der Waals surface area contributed by atoms with Crippen molar-refractivity contribution in [2.24, 2.45) is 5.92 Å². The van der Waals surface area contributed by atoms with Crippen LogP contribution in [0.4, 0.5) is 0 Å². The average molecular weight is 397 g/mol. The fraction of sp³-hybridized carbons (Fsp3) is 0.385. The molecule has 2 N–H and O–H groups in total. The van der Waals surface area contributed by atoms with E-state index >= 15 is 0 Å². The van der Waals surface area contributed by atoms with Crippen LogP contribution in [0.2, 0.25) is 10.0 Å². The molecule has 0 aliphatic carbocycles. The molecule has 1 aromatic carbocycles. The van der Waals surface area contributed by atoms with E-state index in [1.54, 1.807) is 18.2 Å². The third-order valence-corrected chi connectivity index (χ3v) is 6.68. The minimum atomic E-state index is -3.14. The molecule has 1 aromatic rings. The summed E-state index contributed by atoms with van der Waals surface area (Å²) in [4.78, 5) is 24.1. The van der Waals surface area contributed by atoms with Gasteiger partial charge in [0, 0.05) is 9.92 Å². The van der Waals surface area contributed by atoms with E-state index in [9.17, 15) is 18.0 Å². The third kappa shape index (κ3) is 5.56. The Balaban J connectivity index is 1.77. The van der Waals surface area contributed by atoms with Crippen LogP contribution in [0.25, 0.3) is 0 Å². The Hall–Kier alpha value is -0.960. The zero-order valence-corrected chi connectivity index (χ0v) is 15.0. The summed E-state index contributed by atoms with van der Waals surface area (Å²) < 4.78 is 22.6. The first kappa shape index (κ1) is 18.4. The largest absolute Gasteiger partial charge is 0.273 e. The fourth-order valence-corrected chi connectivity index (χ4v) is 5.04. The van der Waals surface area contributed by atoms with E-state index in [0.29, 0.717) is 14.9 Å². The molecule has 23 heavy (non-hydrogen) atoms. The van der Waals surface area contributed by atoms with Gasteiger partial charge >= 0.3 is 0 Å². The quantitative estimate of drug-likeness (QED) is 0.596. The number of thioether (sulfide) groups is 1. The van der Waals surface area contributed by atoms with Crippen molar-refractivity contribution in [2.45, 2.75) is 11.3 Å². The molecule has 1 heterocycles. The fourth-order valence-electron chi connectivity index (χ4n) is 2.00. The number of sulfone groups is 1. The molecule has 0 unspecified atom stereocenters. The van der Waals surface area contributed by atoms with Crippen LogP contribution in [-0.2, 0) is 19.4 Å². The van der Waals surface area contributed by atoms with Gasteiger partial charge in [-0.1, -0.05) is 23.2 Å². The SMILES string of the molecule is O=C(CSc1cc(Cl)ccc1Cl)NNC(=O)[C@H]1CCS(=O)(=O)C1. The first-order chi connectivity index (χ1) is 10.8. The summed E-state index contributed by atoms with van der Waals surface area (Å²) in [6, 6.07) is 4.92. The average Bonchev–Trinajstić information content (AvgIpc) is 2.86. The predicted octanol–water partition coefficient (Wildman–Crippen LogP) is 1.67. The molecule has 2 rings (SSSR count). The van der Waals surface area contributed by atoms with Crippen molar-refractivity contribution in [3.63, 3.8) is 0 Å². The maximum absolute atomic E-state index is 11.8. The lowest BCUT2D eigenvalue weighted by Gasteiger charge is -2.11. The molecule has 0 aromatic heterocycles. The normalized spacial score (nSPS) is 19.3. The lowest BCUT2D eigenvalue weighted by Crippen LogP contribution is -2.45. The molecule has 0 spiro atoms. The molecule has 1 fully saturated rings. The highest BCUT2D eigenvalue weighted by Crippen LogP contribution is 2.29. The molecule has 126 valence electrons. The lowest BCUT2D eigenvalue weighted by atomic mass is 10.1. The van der Waals surface area contributed by atoms with Gasteiger partial charge in [-0.05, 0) is 24.6 Å². The molecule has 1 atom stereocenters. The van der Waals surface area contributed by atoms with E-state index in [2.05, 4.69) is 10.9 Å². The van der Waals surface area contributed by atoms with Crippen LogP contribution in [0, 0.1) is 5.92 Å². The number of carbonyl (C=O) groups is 2. The highest BCUT2D eigenvalue weighted by Gasteiger charge is 2.33. The first-order valence-electron chi connectivity index (χ1n) is 6.64. The summed E-state index contributed by atoms with van der Waals surface area (Å²) in [5, 5.41) is 0.987. The highest BCUT2D eigenvalue weighted by atomic mass is 35.5. The standard InChI is InChI=1S/C13H14Cl2N2O4S2/c14-9-1-2-10(15)11(5-9)22-6-12(18)16-17-13(19)8-3-4-23(20,21)7-8/h1-2,5,8H,3-4,6-7H2,(H,16,18)(H,17,19)/t8-/m0/s1. The van der Waals surface area contributed by atoms with Gasteiger partial charge in [-0.15, -0.1) is 11.8 Å². The van der Waals surface area contributed by atoms with Gasteiger partial charge in [-0.25, -0.2) is 8.42 Å². The zero-order chi connectivity index (χ0) is 17.0. The van der Waals surface area contributed by atoms with Crippen LogP contribution in [0.5, 0.6) is 0 Å². The van der Waals surface area contributed by atoms with Gasteiger partial charge in [0.1, 0.15) is 0 Å². The van der Waals surface area contributed by atoms with Crippen molar-refractivity contribution in [1.82, 2.24) is 10.9 Å². The van der Waals surface area contributed by atoms with Crippen molar-refractivity contribution in [3.05, 3.63) is 28.2 Å². The summed E-state index contributed by atoms with van der Waals surface area (Å²) in [5.74, 6) is -1.69. The van der Waals surface area contributed by atoms with Crippen molar-refractivity contribution < 1.29 is 18.0 Å². The van der Waals surface area contributed by atoms with E-state index in [1.165, 1.54) is 11.8 Å². The maximum atomic E-state index is 11.8. The Bertz CT molecular complexity index is 725. The Kier molecular flexibility index (Phi) is 6.19. The van der Waals surface area contributed by atoms with Crippen LogP contribution < -0.4 is 10.9 Å². The number of rotatable bonds is 4. The predicted molar refractivity (Wildman–Crippen MR) is 90.2 cm³/mol. The van der Waals surface area contributed by atoms with Gasteiger partial charge in [0.15, 0.2) is 9.84 Å². The van der Waals surface area contributed by atoms with Crippen LogP contribution >= 0.6 is 35.0 Å². The molecule has 10 heteroatoms. The second-order valence-corrected chi connectivity index (χ2v) is 9.09. The lowest BCUT2D eigenvalue weighted by molar-refractivity contribution is -0.129. The monoisotopic (exact) mass is 396 g/mol. The number of benzene rings is 1. The second kappa shape index (κ2) is 7.74. The minimum absolute atomic E-state index is 0.00213. The van der Waals surface area contributed by atoms with E-state index in [0.717, 1.165) is 0 Å². The Morgan fingerprint density at radius 2 is 2.00 bits per heavy atom. The molecule has 6 nitrogen and oxygen atoms in total. The minimum Gasteiger partial charge on any atom is -0.273 e. The summed E-state index contributed by atoms with van der Waals surface area (Å²) >= 11 is 13.0. The molecule has 1 aliphatic heterocycles. The Morgan fingerprint density at radius 1 is 1.26 bits per heavy atom. The molecule has 0 bridgehead atoms. The van der Waals surface area contributed by atoms with E-state index in [-0.39, 0.29) is 23.7 Å². The number of hydrogen-bond donors (Lipinski definition) is 2. The molecular weight excluding hydrogens is 383 g/mol. The van der Waals surface area contributed by atoms with Gasteiger partial charge in [-0.3, -0.25) is 20.4 Å². The molecular formula is C13H14Cl2N2O4S2. The van der Waals surface area contributed by atoms with E-state index in [1.807, 2.05) is 0 Å². The van der Waals surface area contributed by atoms with Gasteiger partial charge < -0.3 is 0 Å². The number of carbonyl (C=O) groups excluding carboxylic acids is 2. The molecule has 0 saturated carbocycles. The van der Waals surface area contributed by atoms with Crippen LogP contribution in [0.3, 0.4) is 0 Å². The molecule has 1 saturated heterocycles. The van der Waals surface area contributed by atoms with Crippen molar-refractivity contribution >= 4 is 56.6 Å². The van der Waals surface area contributed by atoms with Crippen molar-refractivity contribution in [1.29, 1.82) is 0 Å². The summed E-state index contributed by atoms with van der Waals surface area (Å²) in [5.41, 5.74) is 4.51. The number of amides is 2. The number of nitrogens with one attached hydrogen (secondary N) is 2. The maximum Gasteiger partial charge on any atom is 0.248 e. The zero-order valence-electron chi connectivity index (χ0n) is 11.8. The number of hydrazine groups is 1. The topological polar surface area (TPSA) is 92.3 Å². The second-order valence-electron chi connectivity index (χ2n) is 5.00. The van der Waals surface area contributed by atoms with Crippen molar-refractivity contribution in [2.75, 3.05) is 17.3 Å². The Morgan fingerprint density at radius 3 is 2.65 bits per heavy atom. The van der Waals surface area contributed by atoms with Crippen molar-refractivity contribution in [3.8, 4) is 0 Å². The number of hydrogen-bond acceptors (Lipinski definition) is 5. The molecule has 1 aliphatic rings. The third-order valence-electron chi connectivity index (χ3n) is 3.18. The first-order valence-corrected chi connectivity index (χ1v) is 10.2. The summed E-state index contributed by atoms with van der Waals surface area (Å²) in [7, 11) is -3.14. The summed E-state index contributed by atoms with van der Waals surface area (Å²) in [6.07, 6.45) is 0.275. The van der Waals surface area contributed by atoms with Gasteiger partial charge in [-0.2, -0.15) is 0 Å². The smallest absolute Gasteiger partial charge is 0.248 e. The van der Waals surface area contributed by atoms with Gasteiger partial charge in [0.25, 0.3) is 0 Å². The van der Waals surface area contributed by atoms with E-state index < -0.39 is 27.6 Å². The Labute approximate surface area is 148 Å². The molecule has 2 amide bonds. The number of halogens is 2. The van der Waals surface area contributed by atoms with Crippen LogP contribution in [0.1, 0.15) is 6.42 Å². The van der Waals surface area contributed by atoms with Crippen LogP contribution in [0.15, 0.2) is 23.1 Å². The highest BCUT2D eigenvalue weighted by molar-refractivity contribution is 8.00. The molecule has 0 radical (unpaired) electrons. The van der Waals surface area contributed by atoms with Crippen LogP contribution in [-0.4, -0.2) is 37.5 Å². The summed E-state index contributed by atoms with van der Waals surface area (Å²) in [6.45, 7) is 0. The van der Waals surface area contributed by atoms with E-state index in [4.69, 9.17) is 23.2 Å². The van der Waals surface area contributed by atoms with Gasteiger partial charge in [0.05, 0.1) is 28.2 Å². The van der Waals surface area contributed by atoms with Gasteiger partial charge in [0.2, 0.25) is 11.8 Å².